The van der Waals surface area contributed by atoms with Crippen molar-refractivity contribution in [3.8, 4) is 0 Å². The summed E-state index contributed by atoms with van der Waals surface area (Å²) >= 11 is 7.05. The fourth-order valence-electron chi connectivity index (χ4n) is 2.94. The second-order valence-electron chi connectivity index (χ2n) is 6.61. The van der Waals surface area contributed by atoms with Crippen molar-refractivity contribution in [3.63, 3.8) is 0 Å². The summed E-state index contributed by atoms with van der Waals surface area (Å²) in [5.41, 5.74) is 0.448. The highest BCUT2D eigenvalue weighted by molar-refractivity contribution is 7.99. The molecule has 0 atom stereocenters. The van der Waals surface area contributed by atoms with Crippen LogP contribution >= 0.6 is 23.4 Å². The molecule has 0 amide bonds. The summed E-state index contributed by atoms with van der Waals surface area (Å²) in [4.78, 5) is 12.0. The zero-order valence-corrected chi connectivity index (χ0v) is 18.4. The van der Waals surface area contributed by atoms with E-state index in [1.807, 2.05) is 12.1 Å². The quantitative estimate of drug-likeness (QED) is 0.403. The van der Waals surface area contributed by atoms with Crippen molar-refractivity contribution in [2.75, 3.05) is 5.75 Å². The molecule has 3 heterocycles. The topological polar surface area (TPSA) is 106 Å². The molecule has 0 fully saturated rings. The van der Waals surface area contributed by atoms with E-state index in [9.17, 15) is 21.6 Å². The number of pyridine rings is 1. The second-order valence-corrected chi connectivity index (χ2v) is 10.00. The number of alkyl halides is 3. The number of imidazole rings is 1. The van der Waals surface area contributed by atoms with E-state index in [0.29, 0.717) is 16.9 Å². The van der Waals surface area contributed by atoms with Crippen LogP contribution < -0.4 is 0 Å². The minimum Gasteiger partial charge on any atom is -0.319 e. The standard InChI is InChI=1S/C18H14ClF3N6O2S2/c19-12-8-11(18(20,21)22)9-23-15(12)31-17-26-13-4-1-2-5-14(13)28(17)6-3-7-32(29,30)16-24-10-25-27-16/h1-2,4-5,8-10H,3,6-7H2,(H,24,25,27). The normalized spacial score (nSPS) is 12.5. The van der Waals surface area contributed by atoms with E-state index >= 15 is 0 Å². The van der Waals surface area contributed by atoms with Gasteiger partial charge in [0.15, 0.2) is 5.16 Å². The Kier molecular flexibility index (Phi) is 6.14. The molecule has 168 valence electrons. The van der Waals surface area contributed by atoms with Crippen LogP contribution in [0.2, 0.25) is 5.02 Å². The van der Waals surface area contributed by atoms with Gasteiger partial charge in [-0.25, -0.2) is 23.4 Å². The van der Waals surface area contributed by atoms with Gasteiger partial charge in [0.25, 0.3) is 0 Å². The molecule has 0 radical (unpaired) electrons. The predicted octanol–water partition coefficient (Wildman–Crippen LogP) is 4.24. The number of nitrogens with one attached hydrogen (secondary N) is 1. The van der Waals surface area contributed by atoms with Gasteiger partial charge in [-0.1, -0.05) is 23.7 Å². The summed E-state index contributed by atoms with van der Waals surface area (Å²) in [6, 6.07) is 8.02. The number of fused-ring (bicyclic) bond motifs is 1. The number of hydrogen-bond acceptors (Lipinski definition) is 7. The maximum Gasteiger partial charge on any atom is 0.417 e. The average molecular weight is 503 g/mol. The molecule has 0 aliphatic heterocycles. The molecule has 3 aromatic heterocycles. The minimum atomic E-state index is -4.55. The number of halogens is 4. The monoisotopic (exact) mass is 502 g/mol. The van der Waals surface area contributed by atoms with Gasteiger partial charge >= 0.3 is 6.18 Å². The van der Waals surface area contributed by atoms with Crippen LogP contribution in [0.3, 0.4) is 0 Å². The maximum absolute atomic E-state index is 12.9. The van der Waals surface area contributed by atoms with E-state index in [-0.39, 0.29) is 33.9 Å². The van der Waals surface area contributed by atoms with Crippen LogP contribution in [0.15, 0.2) is 58.2 Å². The van der Waals surface area contributed by atoms with Gasteiger partial charge in [-0.3, -0.25) is 5.10 Å². The fraction of sp³-hybridized carbons (Fsp3) is 0.222. The van der Waals surface area contributed by atoms with Crippen molar-refractivity contribution in [2.24, 2.45) is 0 Å². The molecular weight excluding hydrogens is 489 g/mol. The molecule has 0 unspecified atom stereocenters. The van der Waals surface area contributed by atoms with Crippen LogP contribution in [-0.4, -0.2) is 43.9 Å². The van der Waals surface area contributed by atoms with Crippen LogP contribution in [0.25, 0.3) is 11.0 Å². The predicted molar refractivity (Wildman–Crippen MR) is 111 cm³/mol. The highest BCUT2D eigenvalue weighted by Crippen LogP contribution is 2.37. The largest absolute Gasteiger partial charge is 0.417 e. The lowest BCUT2D eigenvalue weighted by atomic mass is 10.3. The zero-order chi connectivity index (χ0) is 22.9. The van der Waals surface area contributed by atoms with Crippen LogP contribution in [0, 0.1) is 0 Å². The third-order valence-electron chi connectivity index (χ3n) is 4.42. The van der Waals surface area contributed by atoms with Gasteiger partial charge in [0, 0.05) is 12.7 Å². The molecule has 0 aliphatic rings. The second kappa shape index (κ2) is 8.71. The molecule has 4 aromatic rings. The number of hydrogen-bond donors (Lipinski definition) is 1. The number of aryl methyl sites for hydroxylation is 1. The number of aromatic amines is 1. The number of aromatic nitrogens is 6. The van der Waals surface area contributed by atoms with Crippen molar-refractivity contribution >= 4 is 44.2 Å². The van der Waals surface area contributed by atoms with E-state index in [4.69, 9.17) is 11.6 Å². The molecule has 14 heteroatoms. The van der Waals surface area contributed by atoms with Gasteiger partial charge in [0.2, 0.25) is 15.0 Å². The SMILES string of the molecule is O=S(=O)(CCCn1c(Sc2ncc(C(F)(F)F)cc2Cl)nc2ccccc21)c1ncn[nH]1. The molecule has 8 nitrogen and oxygen atoms in total. The van der Waals surface area contributed by atoms with E-state index in [1.54, 1.807) is 16.7 Å². The third-order valence-corrected chi connectivity index (χ3v) is 7.45. The maximum atomic E-state index is 12.9. The summed E-state index contributed by atoms with van der Waals surface area (Å²) in [6.07, 6.45) is -2.48. The molecular formula is C18H14ClF3N6O2S2. The molecule has 0 saturated heterocycles. The zero-order valence-electron chi connectivity index (χ0n) is 16.0. The fourth-order valence-corrected chi connectivity index (χ4v) is 5.21. The lowest BCUT2D eigenvalue weighted by molar-refractivity contribution is -0.137. The van der Waals surface area contributed by atoms with Crippen LogP contribution in [0.5, 0.6) is 0 Å². The smallest absolute Gasteiger partial charge is 0.319 e. The summed E-state index contributed by atoms with van der Waals surface area (Å²) in [5, 5.41) is 6.12. The number of rotatable bonds is 7. The minimum absolute atomic E-state index is 0.156. The Balaban J connectivity index is 1.60. The first-order valence-electron chi connectivity index (χ1n) is 9.09. The van der Waals surface area contributed by atoms with Crippen molar-refractivity contribution in [3.05, 3.63) is 53.4 Å². The molecule has 0 bridgehead atoms. The Hall–Kier alpha value is -2.64. The molecule has 0 aliphatic carbocycles. The lowest BCUT2D eigenvalue weighted by Gasteiger charge is -2.11. The Bertz CT molecular complexity index is 1360. The highest BCUT2D eigenvalue weighted by atomic mass is 35.5. The Labute approximate surface area is 189 Å². The van der Waals surface area contributed by atoms with Crippen LogP contribution in [0.1, 0.15) is 12.0 Å². The molecule has 32 heavy (non-hydrogen) atoms. The van der Waals surface area contributed by atoms with Gasteiger partial charge in [-0.05, 0) is 36.4 Å². The Morgan fingerprint density at radius 1 is 1.19 bits per heavy atom. The van der Waals surface area contributed by atoms with Gasteiger partial charge in [-0.2, -0.15) is 18.3 Å². The van der Waals surface area contributed by atoms with E-state index in [1.165, 1.54) is 0 Å². The number of para-hydroxylation sites is 2. The van der Waals surface area contributed by atoms with Crippen molar-refractivity contribution in [1.82, 2.24) is 29.7 Å². The van der Waals surface area contributed by atoms with E-state index in [2.05, 4.69) is 25.1 Å². The molecule has 0 spiro atoms. The summed E-state index contributed by atoms with van der Waals surface area (Å²) in [5.74, 6) is -0.182. The summed E-state index contributed by atoms with van der Waals surface area (Å²) < 4.78 is 65.1. The van der Waals surface area contributed by atoms with Crippen molar-refractivity contribution < 1.29 is 21.6 Å². The first kappa shape index (κ1) is 22.6. The van der Waals surface area contributed by atoms with E-state index < -0.39 is 21.6 Å². The van der Waals surface area contributed by atoms with Crippen molar-refractivity contribution in [2.45, 2.75) is 34.5 Å². The number of sulfone groups is 1. The molecule has 0 saturated carbocycles. The lowest BCUT2D eigenvalue weighted by Crippen LogP contribution is -2.12. The van der Waals surface area contributed by atoms with Gasteiger partial charge in [0.1, 0.15) is 11.4 Å². The van der Waals surface area contributed by atoms with Crippen LogP contribution in [0.4, 0.5) is 13.2 Å². The number of benzene rings is 1. The first-order valence-corrected chi connectivity index (χ1v) is 11.9. The summed E-state index contributed by atoms with van der Waals surface area (Å²) in [7, 11) is -3.63. The Morgan fingerprint density at radius 2 is 1.97 bits per heavy atom. The number of H-pyrrole nitrogens is 1. The highest BCUT2D eigenvalue weighted by Gasteiger charge is 2.32. The third kappa shape index (κ3) is 4.74. The molecule has 1 aromatic carbocycles. The van der Waals surface area contributed by atoms with Crippen molar-refractivity contribution in [1.29, 1.82) is 0 Å². The Morgan fingerprint density at radius 3 is 2.66 bits per heavy atom. The summed E-state index contributed by atoms with van der Waals surface area (Å²) in [6.45, 7) is 0.286. The number of nitrogens with zero attached hydrogens (tertiary/aromatic N) is 5. The molecule has 1 N–H and O–H groups in total. The van der Waals surface area contributed by atoms with Gasteiger partial charge < -0.3 is 4.57 Å². The van der Waals surface area contributed by atoms with Gasteiger partial charge in [0.05, 0.1) is 27.4 Å². The van der Waals surface area contributed by atoms with Crippen LogP contribution in [-0.2, 0) is 22.6 Å². The van der Waals surface area contributed by atoms with E-state index in [0.717, 1.165) is 29.7 Å². The molecule has 4 rings (SSSR count). The first-order chi connectivity index (χ1) is 15.1. The van der Waals surface area contributed by atoms with Gasteiger partial charge in [-0.15, -0.1) is 0 Å². The average Bonchev–Trinajstić information content (AvgIpc) is 3.38.